The van der Waals surface area contributed by atoms with Crippen molar-refractivity contribution in [3.05, 3.63) is 0 Å². The Labute approximate surface area is 130 Å². The summed E-state index contributed by atoms with van der Waals surface area (Å²) in [5, 5.41) is 12.4. The molecule has 0 radical (unpaired) electrons. The number of amides is 2. The lowest BCUT2D eigenvalue weighted by Crippen LogP contribution is -2.49. The van der Waals surface area contributed by atoms with E-state index in [4.69, 9.17) is 4.74 Å². The number of hydrogen-bond donors (Lipinski definition) is 2. The number of nitrogens with zero attached hydrogens (tertiary/aromatic N) is 1. The van der Waals surface area contributed by atoms with Gasteiger partial charge in [0.05, 0.1) is 18.6 Å². The first-order valence-electron chi connectivity index (χ1n) is 7.36. The second-order valence-corrected chi connectivity index (χ2v) is 6.56. The number of hydrogen-bond acceptors (Lipinski definition) is 5. The molecule has 21 heavy (non-hydrogen) atoms. The molecule has 1 fully saturated rings. The van der Waals surface area contributed by atoms with Crippen LogP contribution in [-0.2, 0) is 14.3 Å². The molecule has 0 aromatic heterocycles. The van der Waals surface area contributed by atoms with E-state index >= 15 is 0 Å². The quantitative estimate of drug-likeness (QED) is 0.679. The summed E-state index contributed by atoms with van der Waals surface area (Å²) in [5.41, 5.74) is 0. The van der Waals surface area contributed by atoms with Gasteiger partial charge in [-0.3, -0.25) is 9.59 Å². The Morgan fingerprint density at radius 3 is 2.76 bits per heavy atom. The molecule has 0 aliphatic carbocycles. The van der Waals surface area contributed by atoms with Gasteiger partial charge in [0.15, 0.2) is 0 Å². The molecule has 0 unspecified atom stereocenters. The van der Waals surface area contributed by atoms with Crippen LogP contribution < -0.4 is 5.32 Å². The van der Waals surface area contributed by atoms with Gasteiger partial charge in [-0.1, -0.05) is 20.8 Å². The molecule has 2 N–H and O–H groups in total. The van der Waals surface area contributed by atoms with E-state index in [-0.39, 0.29) is 25.0 Å². The molecule has 122 valence electrons. The van der Waals surface area contributed by atoms with E-state index in [0.717, 1.165) is 0 Å². The second-order valence-electron chi connectivity index (χ2n) is 5.56. The monoisotopic (exact) mass is 318 g/mol. The van der Waals surface area contributed by atoms with Crippen molar-refractivity contribution in [3.8, 4) is 0 Å². The Morgan fingerprint density at radius 2 is 2.14 bits per heavy atom. The highest BCUT2D eigenvalue weighted by Crippen LogP contribution is 2.21. The molecule has 1 heterocycles. The van der Waals surface area contributed by atoms with E-state index in [9.17, 15) is 14.7 Å². The van der Waals surface area contributed by atoms with E-state index in [1.54, 1.807) is 23.6 Å². The van der Waals surface area contributed by atoms with E-state index in [1.807, 2.05) is 13.8 Å². The predicted octanol–water partition coefficient (Wildman–Crippen LogP) is 0.448. The van der Waals surface area contributed by atoms with Gasteiger partial charge in [-0.25, -0.2) is 0 Å². The summed E-state index contributed by atoms with van der Waals surface area (Å²) < 4.78 is 5.32. The third-order valence-electron chi connectivity index (χ3n) is 3.08. The maximum atomic E-state index is 12.1. The molecule has 1 aliphatic heterocycles. The fraction of sp³-hybridized carbons (Fsp3) is 0.857. The molecule has 0 saturated carbocycles. The third-order valence-corrected chi connectivity index (χ3v) is 4.09. The van der Waals surface area contributed by atoms with Crippen LogP contribution in [0, 0.1) is 5.92 Å². The van der Waals surface area contributed by atoms with E-state index in [0.29, 0.717) is 30.6 Å². The molecular weight excluding hydrogens is 292 g/mol. The average Bonchev–Trinajstić information content (AvgIpc) is 2.93. The van der Waals surface area contributed by atoms with Crippen LogP contribution in [0.2, 0.25) is 0 Å². The summed E-state index contributed by atoms with van der Waals surface area (Å²) in [6, 6.07) is -0.425. The Balaban J connectivity index is 2.31. The lowest BCUT2D eigenvalue weighted by Gasteiger charge is -2.23. The van der Waals surface area contributed by atoms with Gasteiger partial charge in [0.25, 0.3) is 0 Å². The summed E-state index contributed by atoms with van der Waals surface area (Å²) in [6.45, 7) is 6.79. The molecule has 2 atom stereocenters. The first-order valence-corrected chi connectivity index (χ1v) is 8.51. The molecule has 1 saturated heterocycles. The van der Waals surface area contributed by atoms with Gasteiger partial charge in [0.1, 0.15) is 6.04 Å². The average molecular weight is 318 g/mol. The van der Waals surface area contributed by atoms with Crippen molar-refractivity contribution in [2.75, 3.05) is 31.4 Å². The van der Waals surface area contributed by atoms with Crippen molar-refractivity contribution < 1.29 is 19.4 Å². The standard InChI is InChI=1S/C14H26N2O4S/c1-4-13(18)16-9-21-8-12(16)14(19)15-5-11(17)7-20-6-10(2)3/h10-12,17H,4-9H2,1-3H3,(H,15,19)/t11-,12+/m0/s1. The molecular formula is C14H26N2O4S. The number of aliphatic hydroxyl groups is 1. The number of nitrogens with one attached hydrogen (secondary N) is 1. The summed E-state index contributed by atoms with van der Waals surface area (Å²) in [4.78, 5) is 25.4. The lowest BCUT2D eigenvalue weighted by molar-refractivity contribution is -0.138. The Bertz CT molecular complexity index is 352. The van der Waals surface area contributed by atoms with Crippen LogP contribution in [-0.4, -0.2) is 65.4 Å². The van der Waals surface area contributed by atoms with Crippen LogP contribution in [0.25, 0.3) is 0 Å². The smallest absolute Gasteiger partial charge is 0.243 e. The van der Waals surface area contributed by atoms with Crippen molar-refractivity contribution in [3.63, 3.8) is 0 Å². The van der Waals surface area contributed by atoms with Gasteiger partial charge in [-0.15, -0.1) is 11.8 Å². The van der Waals surface area contributed by atoms with Gasteiger partial charge < -0.3 is 20.1 Å². The van der Waals surface area contributed by atoms with E-state index in [1.165, 1.54) is 0 Å². The van der Waals surface area contributed by atoms with Crippen molar-refractivity contribution in [2.45, 2.75) is 39.3 Å². The maximum absolute atomic E-state index is 12.1. The Hall–Kier alpha value is -0.790. The highest BCUT2D eigenvalue weighted by molar-refractivity contribution is 7.99. The topological polar surface area (TPSA) is 78.9 Å². The number of rotatable bonds is 8. The maximum Gasteiger partial charge on any atom is 0.243 e. The zero-order valence-corrected chi connectivity index (χ0v) is 13.8. The summed E-state index contributed by atoms with van der Waals surface area (Å²) in [7, 11) is 0. The van der Waals surface area contributed by atoms with Gasteiger partial charge in [-0.2, -0.15) is 0 Å². The molecule has 1 rings (SSSR count). The Kier molecular flexibility index (Phi) is 8.06. The number of carbonyl (C=O) groups excluding carboxylic acids is 2. The highest BCUT2D eigenvalue weighted by Gasteiger charge is 2.33. The normalized spacial score (nSPS) is 19.9. The molecule has 0 spiro atoms. The van der Waals surface area contributed by atoms with Crippen molar-refractivity contribution >= 4 is 23.6 Å². The summed E-state index contributed by atoms with van der Waals surface area (Å²) in [6.07, 6.45) is -0.326. The van der Waals surface area contributed by atoms with Gasteiger partial charge in [0.2, 0.25) is 11.8 Å². The number of carbonyl (C=O) groups is 2. The minimum absolute atomic E-state index is 0.0130. The predicted molar refractivity (Wildman–Crippen MR) is 82.9 cm³/mol. The van der Waals surface area contributed by atoms with Crippen LogP contribution in [0.1, 0.15) is 27.2 Å². The van der Waals surface area contributed by atoms with Gasteiger partial charge in [-0.05, 0) is 5.92 Å². The minimum Gasteiger partial charge on any atom is -0.389 e. The minimum atomic E-state index is -0.725. The van der Waals surface area contributed by atoms with Crippen LogP contribution in [0.15, 0.2) is 0 Å². The van der Waals surface area contributed by atoms with Gasteiger partial charge in [0, 0.05) is 25.3 Å². The van der Waals surface area contributed by atoms with Crippen molar-refractivity contribution in [1.29, 1.82) is 0 Å². The molecule has 2 amide bonds. The zero-order chi connectivity index (χ0) is 15.8. The molecule has 7 heteroatoms. The van der Waals surface area contributed by atoms with Crippen LogP contribution in [0.3, 0.4) is 0 Å². The first kappa shape index (κ1) is 18.3. The van der Waals surface area contributed by atoms with Crippen LogP contribution in [0.5, 0.6) is 0 Å². The van der Waals surface area contributed by atoms with E-state index < -0.39 is 12.1 Å². The largest absolute Gasteiger partial charge is 0.389 e. The van der Waals surface area contributed by atoms with Crippen LogP contribution in [0.4, 0.5) is 0 Å². The van der Waals surface area contributed by atoms with Crippen LogP contribution >= 0.6 is 11.8 Å². The number of thioether (sulfide) groups is 1. The SMILES string of the molecule is CCC(=O)N1CSC[C@@H]1C(=O)NC[C@H](O)COCC(C)C. The lowest BCUT2D eigenvalue weighted by atomic mass is 10.2. The van der Waals surface area contributed by atoms with Gasteiger partial charge >= 0.3 is 0 Å². The van der Waals surface area contributed by atoms with E-state index in [2.05, 4.69) is 5.32 Å². The van der Waals surface area contributed by atoms with Crippen molar-refractivity contribution in [1.82, 2.24) is 10.2 Å². The molecule has 6 nitrogen and oxygen atoms in total. The zero-order valence-electron chi connectivity index (χ0n) is 13.0. The highest BCUT2D eigenvalue weighted by atomic mass is 32.2. The summed E-state index contributed by atoms with van der Waals surface area (Å²) in [5.74, 6) is 1.36. The fourth-order valence-corrected chi connectivity index (χ4v) is 3.12. The third kappa shape index (κ3) is 6.23. The fourth-order valence-electron chi connectivity index (χ4n) is 1.94. The molecule has 0 aromatic rings. The summed E-state index contributed by atoms with van der Waals surface area (Å²) >= 11 is 1.57. The molecule has 0 aromatic carbocycles. The molecule has 1 aliphatic rings. The first-order chi connectivity index (χ1) is 9.95. The van der Waals surface area contributed by atoms with Crippen molar-refractivity contribution in [2.24, 2.45) is 5.92 Å². The number of aliphatic hydroxyl groups excluding tert-OH is 1. The molecule has 0 bridgehead atoms. The second kappa shape index (κ2) is 9.27. The Morgan fingerprint density at radius 1 is 1.43 bits per heavy atom. The number of ether oxygens (including phenoxy) is 1.